The third-order valence-electron chi connectivity index (χ3n) is 4.75. The lowest BCUT2D eigenvalue weighted by atomic mass is 9.80. The van der Waals surface area contributed by atoms with E-state index < -0.39 is 45.5 Å². The van der Waals surface area contributed by atoms with Gasteiger partial charge < -0.3 is 19.5 Å². The van der Waals surface area contributed by atoms with Gasteiger partial charge in [0, 0.05) is 30.5 Å². The molecule has 0 saturated carbocycles. The maximum absolute atomic E-state index is 13.1. The smallest absolute Gasteiger partial charge is 0.336 e. The number of non-ortho nitro benzene ring substituents is 1. The van der Waals surface area contributed by atoms with Crippen molar-refractivity contribution in [1.29, 1.82) is 0 Å². The first-order chi connectivity index (χ1) is 16.1. The maximum atomic E-state index is 13.1. The van der Waals surface area contributed by atoms with Gasteiger partial charge in [-0.2, -0.15) is 0 Å². The lowest BCUT2D eigenvalue weighted by Crippen LogP contribution is -2.35. The summed E-state index contributed by atoms with van der Waals surface area (Å²) in [5.74, 6) is -3.82. The third-order valence-corrected chi connectivity index (χ3v) is 5.74. The highest BCUT2D eigenvalue weighted by Crippen LogP contribution is 2.40. The Morgan fingerprint density at radius 1 is 1.09 bits per heavy atom. The number of carbonyl (C=O) groups excluding carboxylic acids is 3. The molecule has 2 rings (SSSR count). The number of carbonyl (C=O) groups is 3. The highest BCUT2D eigenvalue weighted by molar-refractivity contribution is 7.85. The van der Waals surface area contributed by atoms with Crippen molar-refractivity contribution in [3.63, 3.8) is 0 Å². The van der Waals surface area contributed by atoms with Crippen LogP contribution in [-0.4, -0.2) is 51.9 Å². The number of esters is 3. The van der Waals surface area contributed by atoms with Crippen molar-refractivity contribution in [2.24, 2.45) is 0 Å². The number of allylic oxidation sites excluding steroid dienone is 1. The lowest BCUT2D eigenvalue weighted by Gasteiger charge is -2.31. The molecule has 0 radical (unpaired) electrons. The number of nitrogens with one attached hydrogen (secondary N) is 1. The largest absolute Gasteiger partial charge is 0.463 e. The Labute approximate surface area is 198 Å². The fourth-order valence-electron chi connectivity index (χ4n) is 3.44. The third kappa shape index (κ3) is 6.50. The van der Waals surface area contributed by atoms with Crippen LogP contribution in [0.1, 0.15) is 39.2 Å². The number of nitro benzene ring substituents is 1. The summed E-state index contributed by atoms with van der Waals surface area (Å²) < 4.78 is 27.8. The number of benzene rings is 1. The summed E-state index contributed by atoms with van der Waals surface area (Å²) in [4.78, 5) is 47.8. The van der Waals surface area contributed by atoms with E-state index in [9.17, 15) is 28.7 Å². The van der Waals surface area contributed by atoms with E-state index in [1.165, 1.54) is 25.1 Å². The summed E-state index contributed by atoms with van der Waals surface area (Å²) in [5.41, 5.74) is 0.588. The monoisotopic (exact) mass is 494 g/mol. The van der Waals surface area contributed by atoms with E-state index >= 15 is 0 Å². The molecule has 0 fully saturated rings. The highest BCUT2D eigenvalue weighted by atomic mass is 32.2. The van der Waals surface area contributed by atoms with Gasteiger partial charge in [-0.25, -0.2) is 9.59 Å². The molecule has 34 heavy (non-hydrogen) atoms. The van der Waals surface area contributed by atoms with Gasteiger partial charge in [-0.15, -0.1) is 0 Å². The van der Waals surface area contributed by atoms with Gasteiger partial charge in [0.2, 0.25) is 0 Å². The molecular weight excluding hydrogens is 468 g/mol. The maximum Gasteiger partial charge on any atom is 0.336 e. The van der Waals surface area contributed by atoms with Crippen LogP contribution < -0.4 is 5.32 Å². The molecule has 0 aliphatic carbocycles. The fraction of sp³-hybridized carbons (Fsp3) is 0.409. The number of rotatable bonds is 10. The van der Waals surface area contributed by atoms with Crippen LogP contribution in [0, 0.1) is 10.1 Å². The van der Waals surface area contributed by atoms with Crippen molar-refractivity contribution in [2.45, 2.75) is 33.6 Å². The molecule has 0 amide bonds. The molecule has 1 aliphatic heterocycles. The van der Waals surface area contributed by atoms with E-state index in [1.807, 2.05) is 0 Å². The number of ether oxygens (including phenoxy) is 3. The highest BCUT2D eigenvalue weighted by Gasteiger charge is 2.39. The Morgan fingerprint density at radius 2 is 1.71 bits per heavy atom. The van der Waals surface area contributed by atoms with Gasteiger partial charge in [0.15, 0.2) is 5.94 Å². The fourth-order valence-corrected chi connectivity index (χ4v) is 4.37. The molecule has 1 aromatic carbocycles. The average Bonchev–Trinajstić information content (AvgIpc) is 2.77. The minimum Gasteiger partial charge on any atom is -0.463 e. The summed E-state index contributed by atoms with van der Waals surface area (Å²) >= 11 is 0. The molecule has 0 bridgehead atoms. The van der Waals surface area contributed by atoms with Gasteiger partial charge in [0.05, 0.1) is 51.8 Å². The number of nitro groups is 1. The predicted molar refractivity (Wildman–Crippen MR) is 122 cm³/mol. The van der Waals surface area contributed by atoms with E-state index in [0.29, 0.717) is 5.70 Å². The van der Waals surface area contributed by atoms with Crippen LogP contribution in [0.3, 0.4) is 0 Å². The van der Waals surface area contributed by atoms with Gasteiger partial charge in [0.25, 0.3) is 5.69 Å². The van der Waals surface area contributed by atoms with Crippen LogP contribution in [-0.2, 0) is 39.4 Å². The minimum absolute atomic E-state index is 0.0191. The molecule has 0 saturated heterocycles. The van der Waals surface area contributed by atoms with Gasteiger partial charge in [0.1, 0.15) is 0 Å². The first-order valence-electron chi connectivity index (χ1n) is 10.4. The predicted octanol–water partition coefficient (Wildman–Crippen LogP) is 2.21. The molecule has 0 aromatic heterocycles. The van der Waals surface area contributed by atoms with Crippen molar-refractivity contribution in [3.05, 3.63) is 62.5 Å². The molecule has 1 aliphatic rings. The van der Waals surface area contributed by atoms with E-state index in [4.69, 9.17) is 14.2 Å². The SMILES string of the molecule is CCOC(=O)C1=C(C)NC(CS(=O)COC(C)=O)=C(C(=O)OCC)C1c1cccc([N+](=O)[O-])c1. The molecular formula is C22H26N2O9S. The second kappa shape index (κ2) is 12.1. The van der Waals surface area contributed by atoms with Gasteiger partial charge >= 0.3 is 17.9 Å². The summed E-state index contributed by atoms with van der Waals surface area (Å²) in [6, 6.07) is 5.53. The summed E-state index contributed by atoms with van der Waals surface area (Å²) in [5, 5.41) is 14.3. The number of hydrogen-bond acceptors (Lipinski definition) is 10. The molecule has 184 valence electrons. The van der Waals surface area contributed by atoms with Crippen LogP contribution in [0.2, 0.25) is 0 Å². The number of nitrogens with zero attached hydrogens (tertiary/aromatic N) is 1. The van der Waals surface area contributed by atoms with Gasteiger partial charge in [-0.3, -0.25) is 19.1 Å². The van der Waals surface area contributed by atoms with Crippen molar-refractivity contribution in [3.8, 4) is 0 Å². The van der Waals surface area contributed by atoms with E-state index in [-0.39, 0.29) is 47.1 Å². The Bertz CT molecular complexity index is 1080. The van der Waals surface area contributed by atoms with Crippen LogP contribution in [0.5, 0.6) is 0 Å². The van der Waals surface area contributed by atoms with Gasteiger partial charge in [-0.05, 0) is 26.3 Å². The standard InChI is InChI=1S/C22H26N2O9S/c1-5-31-21(26)18-13(3)23-17(11-34(30)12-33-14(4)25)20(22(27)32-6-2)19(18)15-8-7-9-16(10-15)24(28)29/h7-10,19,23H,5-6,11-12H2,1-4H3. The second-order valence-corrected chi connectivity index (χ2v) is 8.52. The second-order valence-electron chi connectivity index (χ2n) is 7.12. The van der Waals surface area contributed by atoms with Gasteiger partial charge in [-0.1, -0.05) is 12.1 Å². The zero-order valence-corrected chi connectivity index (χ0v) is 20.1. The summed E-state index contributed by atoms with van der Waals surface area (Å²) in [6.07, 6.45) is 0. The molecule has 1 N–H and O–H groups in total. The first kappa shape index (κ1) is 26.7. The average molecular weight is 495 g/mol. The lowest BCUT2D eigenvalue weighted by molar-refractivity contribution is -0.384. The Kier molecular flexibility index (Phi) is 9.48. The summed E-state index contributed by atoms with van der Waals surface area (Å²) in [6.45, 7) is 6.06. The quantitative estimate of drug-likeness (QED) is 0.222. The molecule has 1 aromatic rings. The number of dihydropyridines is 1. The molecule has 2 atom stereocenters. The molecule has 2 unspecified atom stereocenters. The van der Waals surface area contributed by atoms with Crippen molar-refractivity contribution in [2.75, 3.05) is 24.9 Å². The normalized spacial score (nSPS) is 16.4. The van der Waals surface area contributed by atoms with Crippen LogP contribution in [0.4, 0.5) is 5.69 Å². The number of hydrogen-bond donors (Lipinski definition) is 1. The van der Waals surface area contributed by atoms with Crippen molar-refractivity contribution >= 4 is 34.4 Å². The van der Waals surface area contributed by atoms with E-state index in [0.717, 1.165) is 0 Å². The molecule has 12 heteroatoms. The van der Waals surface area contributed by atoms with Crippen LogP contribution >= 0.6 is 0 Å². The first-order valence-corrected chi connectivity index (χ1v) is 11.9. The Balaban J connectivity index is 2.71. The minimum atomic E-state index is -1.72. The topological polar surface area (TPSA) is 151 Å². The molecule has 0 spiro atoms. The molecule has 11 nitrogen and oxygen atoms in total. The zero-order valence-electron chi connectivity index (χ0n) is 19.2. The van der Waals surface area contributed by atoms with Crippen LogP contribution in [0.15, 0.2) is 46.8 Å². The Morgan fingerprint density at radius 3 is 2.26 bits per heavy atom. The van der Waals surface area contributed by atoms with Crippen molar-refractivity contribution in [1.82, 2.24) is 5.32 Å². The summed E-state index contributed by atoms with van der Waals surface area (Å²) in [7, 11) is -1.72. The zero-order chi connectivity index (χ0) is 25.4. The Hall–Kier alpha value is -3.54. The van der Waals surface area contributed by atoms with Crippen LogP contribution in [0.25, 0.3) is 0 Å². The van der Waals surface area contributed by atoms with Crippen molar-refractivity contribution < 1.29 is 37.7 Å². The molecule has 1 heterocycles. The van der Waals surface area contributed by atoms with E-state index in [1.54, 1.807) is 26.8 Å². The van der Waals surface area contributed by atoms with E-state index in [2.05, 4.69) is 5.32 Å².